The molecule has 0 unspecified atom stereocenters. The Morgan fingerprint density at radius 2 is 1.89 bits per heavy atom. The number of para-hydroxylation sites is 2. The van der Waals surface area contributed by atoms with E-state index in [1.165, 1.54) is 11.9 Å². The van der Waals surface area contributed by atoms with Crippen molar-refractivity contribution >= 4 is 35.6 Å². The monoisotopic (exact) mass is 276 g/mol. The maximum atomic E-state index is 6.08. The van der Waals surface area contributed by atoms with Crippen LogP contribution < -0.4 is 9.46 Å². The highest BCUT2D eigenvalue weighted by molar-refractivity contribution is 7.98. The van der Waals surface area contributed by atoms with Gasteiger partial charge in [0, 0.05) is 0 Å². The highest BCUT2D eigenvalue weighted by Gasteiger charge is 2.13. The quantitative estimate of drug-likeness (QED) is 0.825. The zero-order valence-electron chi connectivity index (χ0n) is 9.26. The average molecular weight is 277 g/mol. The lowest BCUT2D eigenvalue weighted by Crippen LogP contribution is -2.03. The first-order valence-corrected chi connectivity index (χ1v) is 6.54. The van der Waals surface area contributed by atoms with Crippen molar-refractivity contribution < 1.29 is 4.74 Å². The van der Waals surface area contributed by atoms with Crippen LogP contribution in [0.25, 0.3) is 0 Å². The fourth-order valence-electron chi connectivity index (χ4n) is 1.62. The first-order chi connectivity index (χ1) is 8.84. The number of ether oxygens (including phenoxy) is 1. The molecule has 1 aliphatic rings. The van der Waals surface area contributed by atoms with Gasteiger partial charge < -0.3 is 9.46 Å². The molecule has 90 valence electrons. The Labute approximate surface area is 114 Å². The van der Waals surface area contributed by atoms with Crippen LogP contribution in [0.2, 0.25) is 5.02 Å². The topological polar surface area (TPSA) is 33.6 Å². The Kier molecular flexibility index (Phi) is 3.13. The summed E-state index contributed by atoms with van der Waals surface area (Å²) in [6.07, 6.45) is 1.65. The molecule has 2 aromatic rings. The number of aliphatic imine (C=N–C) groups is 1. The second-order valence-electron chi connectivity index (χ2n) is 3.61. The Morgan fingerprint density at radius 3 is 2.78 bits per heavy atom. The molecule has 0 saturated carbocycles. The van der Waals surface area contributed by atoms with Crippen LogP contribution in [-0.2, 0) is 0 Å². The zero-order valence-corrected chi connectivity index (χ0v) is 10.8. The number of nitrogens with zero attached hydrogens (tertiary/aromatic N) is 1. The molecule has 0 amide bonds. The Morgan fingerprint density at radius 1 is 1.06 bits per heavy atom. The molecular weight excluding hydrogens is 268 g/mol. The summed E-state index contributed by atoms with van der Waals surface area (Å²) in [5.74, 6) is 1.33. The van der Waals surface area contributed by atoms with Crippen LogP contribution in [0.4, 0.5) is 5.69 Å². The number of halogens is 1. The lowest BCUT2D eigenvalue weighted by Gasteiger charge is -2.15. The van der Waals surface area contributed by atoms with Gasteiger partial charge in [-0.3, -0.25) is 0 Å². The van der Waals surface area contributed by atoms with E-state index in [0.29, 0.717) is 16.5 Å². The van der Waals surface area contributed by atoms with E-state index < -0.39 is 0 Å². The number of hydrogen-bond donors (Lipinski definition) is 1. The Bertz CT molecular complexity index is 616. The van der Waals surface area contributed by atoms with Gasteiger partial charge in [-0.1, -0.05) is 29.8 Å². The maximum Gasteiger partial charge on any atom is 0.154 e. The van der Waals surface area contributed by atoms with Crippen LogP contribution in [0, 0.1) is 0 Å². The first kappa shape index (κ1) is 11.4. The van der Waals surface area contributed by atoms with Crippen molar-refractivity contribution in [1.29, 1.82) is 0 Å². The summed E-state index contributed by atoms with van der Waals surface area (Å²) in [7, 11) is 0. The minimum atomic E-state index is 0.584. The molecule has 3 rings (SSSR count). The minimum Gasteiger partial charge on any atom is -0.453 e. The van der Waals surface area contributed by atoms with Crippen LogP contribution in [0.15, 0.2) is 52.4 Å². The number of rotatable bonds is 2. The highest BCUT2D eigenvalue weighted by atomic mass is 35.5. The molecule has 0 aromatic heterocycles. The summed E-state index contributed by atoms with van der Waals surface area (Å²) in [5.41, 5.74) is 0.821. The molecule has 0 bridgehead atoms. The van der Waals surface area contributed by atoms with Gasteiger partial charge in [0.15, 0.2) is 5.75 Å². The Hall–Kier alpha value is -1.65. The van der Waals surface area contributed by atoms with E-state index in [4.69, 9.17) is 16.3 Å². The van der Waals surface area contributed by atoms with Crippen LogP contribution in [0.1, 0.15) is 0 Å². The largest absolute Gasteiger partial charge is 0.453 e. The standard InChI is InChI=1S/C13H9ClN2OS/c14-9-4-1-2-5-10(9)17-11-6-3-7-12-13(11)15-8-16-18-12/h1-8H,(H,15,16). The van der Waals surface area contributed by atoms with E-state index >= 15 is 0 Å². The molecule has 0 fully saturated rings. The van der Waals surface area contributed by atoms with Gasteiger partial charge in [0.1, 0.15) is 11.4 Å². The second-order valence-corrected chi connectivity index (χ2v) is 4.90. The lowest BCUT2D eigenvalue weighted by atomic mass is 10.3. The lowest BCUT2D eigenvalue weighted by molar-refractivity contribution is 0.483. The van der Waals surface area contributed by atoms with Gasteiger partial charge in [0.2, 0.25) is 0 Å². The molecule has 1 heterocycles. The summed E-state index contributed by atoms with van der Waals surface area (Å²) >= 11 is 7.58. The normalized spacial score (nSPS) is 12.7. The SMILES string of the molecule is Clc1ccccc1Oc1cccc2c1N=CNS2. The van der Waals surface area contributed by atoms with Gasteiger partial charge in [-0.05, 0) is 36.2 Å². The molecule has 3 nitrogen and oxygen atoms in total. The summed E-state index contributed by atoms with van der Waals surface area (Å²) in [5, 5.41) is 0.584. The average Bonchev–Trinajstić information content (AvgIpc) is 2.42. The summed E-state index contributed by atoms with van der Waals surface area (Å²) in [6.45, 7) is 0. The van der Waals surface area contributed by atoms with Crippen LogP contribution in [0.5, 0.6) is 11.5 Å². The predicted molar refractivity (Wildman–Crippen MR) is 75.1 cm³/mol. The van der Waals surface area contributed by atoms with Crippen molar-refractivity contribution in [3.63, 3.8) is 0 Å². The molecule has 5 heteroatoms. The van der Waals surface area contributed by atoms with Gasteiger partial charge in [-0.15, -0.1) is 0 Å². The molecule has 2 aromatic carbocycles. The molecule has 0 saturated heterocycles. The molecule has 1 N–H and O–H groups in total. The highest BCUT2D eigenvalue weighted by Crippen LogP contribution is 2.41. The van der Waals surface area contributed by atoms with Crippen molar-refractivity contribution in [3.8, 4) is 11.5 Å². The fourth-order valence-corrected chi connectivity index (χ4v) is 2.42. The third kappa shape index (κ3) is 2.17. The van der Waals surface area contributed by atoms with Crippen molar-refractivity contribution in [2.45, 2.75) is 4.90 Å². The summed E-state index contributed by atoms with van der Waals surface area (Å²) in [6, 6.07) is 13.2. The van der Waals surface area contributed by atoms with Crippen molar-refractivity contribution in [2.24, 2.45) is 4.99 Å². The number of hydrogen-bond acceptors (Lipinski definition) is 4. The fraction of sp³-hybridized carbons (Fsp3) is 0. The Balaban J connectivity index is 2.00. The van der Waals surface area contributed by atoms with Gasteiger partial charge in [0.05, 0.1) is 16.3 Å². The third-order valence-corrected chi connectivity index (χ3v) is 3.52. The van der Waals surface area contributed by atoms with Gasteiger partial charge >= 0.3 is 0 Å². The van der Waals surface area contributed by atoms with Crippen LogP contribution >= 0.6 is 23.5 Å². The second kappa shape index (κ2) is 4.92. The van der Waals surface area contributed by atoms with Gasteiger partial charge in [-0.25, -0.2) is 4.99 Å². The first-order valence-electron chi connectivity index (χ1n) is 5.35. The summed E-state index contributed by atoms with van der Waals surface area (Å²) < 4.78 is 8.81. The van der Waals surface area contributed by atoms with Crippen LogP contribution in [-0.4, -0.2) is 6.34 Å². The van der Waals surface area contributed by atoms with E-state index in [1.807, 2.05) is 36.4 Å². The van der Waals surface area contributed by atoms with Crippen molar-refractivity contribution in [3.05, 3.63) is 47.5 Å². The number of fused-ring (bicyclic) bond motifs is 1. The molecule has 0 radical (unpaired) electrons. The van der Waals surface area contributed by atoms with E-state index in [2.05, 4.69) is 9.71 Å². The van der Waals surface area contributed by atoms with Gasteiger partial charge in [0.25, 0.3) is 0 Å². The summed E-state index contributed by atoms with van der Waals surface area (Å²) in [4.78, 5) is 5.32. The molecule has 1 aliphatic heterocycles. The van der Waals surface area contributed by atoms with E-state index in [-0.39, 0.29) is 0 Å². The van der Waals surface area contributed by atoms with Gasteiger partial charge in [-0.2, -0.15) is 0 Å². The zero-order chi connectivity index (χ0) is 12.4. The van der Waals surface area contributed by atoms with Crippen molar-refractivity contribution in [2.75, 3.05) is 0 Å². The molecule has 0 atom stereocenters. The van der Waals surface area contributed by atoms with Crippen molar-refractivity contribution in [1.82, 2.24) is 4.72 Å². The smallest absolute Gasteiger partial charge is 0.154 e. The molecular formula is C13H9ClN2OS. The number of benzene rings is 2. The third-order valence-electron chi connectivity index (χ3n) is 2.43. The molecule has 18 heavy (non-hydrogen) atoms. The molecule has 0 aliphatic carbocycles. The predicted octanol–water partition coefficient (Wildman–Crippen LogP) is 4.40. The minimum absolute atomic E-state index is 0.584. The number of nitrogens with one attached hydrogen (secondary N) is 1. The molecule has 0 spiro atoms. The van der Waals surface area contributed by atoms with E-state index in [1.54, 1.807) is 12.4 Å². The maximum absolute atomic E-state index is 6.08. The van der Waals surface area contributed by atoms with E-state index in [0.717, 1.165) is 10.6 Å². The van der Waals surface area contributed by atoms with Crippen LogP contribution in [0.3, 0.4) is 0 Å². The van der Waals surface area contributed by atoms with E-state index in [9.17, 15) is 0 Å².